The van der Waals surface area contributed by atoms with E-state index in [1.807, 2.05) is 17.7 Å². The van der Waals surface area contributed by atoms with Crippen molar-refractivity contribution in [2.24, 2.45) is 7.05 Å². The number of morpholine rings is 1. The number of Topliss-reactive ketones (excluding diaryl/α,β-unsaturated/α-hetero) is 1. The summed E-state index contributed by atoms with van der Waals surface area (Å²) in [5.74, 6) is 2.09. The van der Waals surface area contributed by atoms with Gasteiger partial charge in [0.2, 0.25) is 5.95 Å². The SMILES string of the molecule is CC(C)c1ccc(C(=O)CSc2nnc(N3CCOCC3)n2C)c(C(C)C)c1. The molecular formula is C21H30N4O2S. The molecule has 152 valence electrons. The van der Waals surface area contributed by atoms with E-state index in [-0.39, 0.29) is 5.78 Å². The van der Waals surface area contributed by atoms with Gasteiger partial charge < -0.3 is 9.64 Å². The Bertz CT molecular complexity index is 826. The van der Waals surface area contributed by atoms with Crippen LogP contribution in [0.15, 0.2) is 23.4 Å². The molecule has 0 bridgehead atoms. The minimum Gasteiger partial charge on any atom is -0.378 e. The molecule has 1 aliphatic rings. The lowest BCUT2D eigenvalue weighted by atomic mass is 9.90. The quantitative estimate of drug-likeness (QED) is 0.517. The van der Waals surface area contributed by atoms with Crippen molar-refractivity contribution in [1.82, 2.24) is 14.8 Å². The van der Waals surface area contributed by atoms with Gasteiger partial charge in [-0.3, -0.25) is 9.36 Å². The van der Waals surface area contributed by atoms with E-state index in [0.717, 1.165) is 35.3 Å². The highest BCUT2D eigenvalue weighted by atomic mass is 32.2. The number of benzene rings is 1. The fourth-order valence-corrected chi connectivity index (χ4v) is 4.14. The van der Waals surface area contributed by atoms with Gasteiger partial charge in [0.15, 0.2) is 10.9 Å². The van der Waals surface area contributed by atoms with Crippen LogP contribution in [0.1, 0.15) is 61.0 Å². The van der Waals surface area contributed by atoms with E-state index in [0.29, 0.717) is 30.8 Å². The first kappa shape index (κ1) is 20.9. The predicted octanol–water partition coefficient (Wildman–Crippen LogP) is 3.87. The van der Waals surface area contributed by atoms with Crippen molar-refractivity contribution >= 4 is 23.5 Å². The third kappa shape index (κ3) is 4.58. The molecule has 1 aliphatic heterocycles. The molecule has 7 heteroatoms. The number of rotatable bonds is 7. The Balaban J connectivity index is 1.71. The Morgan fingerprint density at radius 1 is 1.14 bits per heavy atom. The largest absolute Gasteiger partial charge is 0.378 e. The Morgan fingerprint density at radius 2 is 1.86 bits per heavy atom. The maximum Gasteiger partial charge on any atom is 0.227 e. The molecule has 0 amide bonds. The maximum atomic E-state index is 12.9. The second-order valence-corrected chi connectivity index (χ2v) is 8.75. The van der Waals surface area contributed by atoms with Gasteiger partial charge in [-0.05, 0) is 23.0 Å². The molecule has 2 aromatic rings. The highest BCUT2D eigenvalue weighted by Crippen LogP contribution is 2.27. The summed E-state index contributed by atoms with van der Waals surface area (Å²) in [5, 5.41) is 9.37. The second-order valence-electron chi connectivity index (χ2n) is 7.81. The molecule has 2 heterocycles. The number of anilines is 1. The van der Waals surface area contributed by atoms with Gasteiger partial charge in [0, 0.05) is 25.7 Å². The van der Waals surface area contributed by atoms with E-state index < -0.39 is 0 Å². The maximum absolute atomic E-state index is 12.9. The van der Waals surface area contributed by atoms with Crippen LogP contribution in [0, 0.1) is 0 Å². The zero-order chi connectivity index (χ0) is 20.3. The number of hydrogen-bond donors (Lipinski definition) is 0. The number of aromatic nitrogens is 3. The van der Waals surface area contributed by atoms with Gasteiger partial charge in [0.05, 0.1) is 19.0 Å². The Labute approximate surface area is 171 Å². The number of thioether (sulfide) groups is 1. The molecule has 28 heavy (non-hydrogen) atoms. The summed E-state index contributed by atoms with van der Waals surface area (Å²) in [7, 11) is 1.95. The second kappa shape index (κ2) is 9.09. The van der Waals surface area contributed by atoms with Crippen LogP contribution in [0.25, 0.3) is 0 Å². The van der Waals surface area contributed by atoms with Gasteiger partial charge in [0.1, 0.15) is 0 Å². The number of nitrogens with zero attached hydrogens (tertiary/aromatic N) is 4. The van der Waals surface area contributed by atoms with Crippen LogP contribution in [0.5, 0.6) is 0 Å². The van der Waals surface area contributed by atoms with Crippen LogP contribution in [0.4, 0.5) is 5.95 Å². The van der Waals surface area contributed by atoms with Crippen LogP contribution in [0.3, 0.4) is 0 Å². The Hall–Kier alpha value is -1.86. The number of hydrogen-bond acceptors (Lipinski definition) is 6. The lowest BCUT2D eigenvalue weighted by molar-refractivity contribution is 0.102. The standard InChI is InChI=1S/C21H30N4O2S/c1-14(2)16-6-7-17(18(12-16)15(3)4)19(26)13-28-21-23-22-20(24(21)5)25-8-10-27-11-9-25/h6-7,12,14-15H,8-11,13H2,1-5H3. The summed E-state index contributed by atoms with van der Waals surface area (Å²) >= 11 is 1.45. The lowest BCUT2D eigenvalue weighted by Crippen LogP contribution is -2.37. The molecule has 1 aromatic heterocycles. The van der Waals surface area contributed by atoms with E-state index in [1.165, 1.54) is 17.3 Å². The van der Waals surface area contributed by atoms with E-state index in [4.69, 9.17) is 4.74 Å². The smallest absolute Gasteiger partial charge is 0.227 e. The molecule has 0 radical (unpaired) electrons. The van der Waals surface area contributed by atoms with E-state index >= 15 is 0 Å². The zero-order valence-corrected chi connectivity index (χ0v) is 18.3. The third-order valence-corrected chi connectivity index (χ3v) is 6.12. The van der Waals surface area contributed by atoms with E-state index in [2.05, 4.69) is 54.9 Å². The first-order valence-corrected chi connectivity index (χ1v) is 10.9. The molecule has 1 aromatic carbocycles. The highest BCUT2D eigenvalue weighted by Gasteiger charge is 2.20. The van der Waals surface area contributed by atoms with Crippen molar-refractivity contribution < 1.29 is 9.53 Å². The Morgan fingerprint density at radius 3 is 2.50 bits per heavy atom. The number of ketones is 1. The Kier molecular flexibility index (Phi) is 6.78. The highest BCUT2D eigenvalue weighted by molar-refractivity contribution is 7.99. The molecule has 6 nitrogen and oxygen atoms in total. The van der Waals surface area contributed by atoms with E-state index in [1.54, 1.807) is 0 Å². The topological polar surface area (TPSA) is 60.3 Å². The first-order chi connectivity index (χ1) is 13.4. The molecule has 1 fully saturated rings. The van der Waals surface area contributed by atoms with Gasteiger partial charge in [-0.1, -0.05) is 57.7 Å². The summed E-state index contributed by atoms with van der Waals surface area (Å²) in [5.41, 5.74) is 3.22. The molecular weight excluding hydrogens is 372 g/mol. The summed E-state index contributed by atoms with van der Waals surface area (Å²) in [6, 6.07) is 6.25. The summed E-state index contributed by atoms with van der Waals surface area (Å²) in [6.07, 6.45) is 0. The number of ether oxygens (including phenoxy) is 1. The van der Waals surface area contributed by atoms with Crippen molar-refractivity contribution in [2.75, 3.05) is 37.0 Å². The van der Waals surface area contributed by atoms with Gasteiger partial charge in [-0.25, -0.2) is 0 Å². The summed E-state index contributed by atoms with van der Waals surface area (Å²) < 4.78 is 7.37. The van der Waals surface area contributed by atoms with Crippen molar-refractivity contribution in [3.05, 3.63) is 34.9 Å². The molecule has 0 saturated carbocycles. The monoisotopic (exact) mass is 402 g/mol. The average molecular weight is 403 g/mol. The van der Waals surface area contributed by atoms with E-state index in [9.17, 15) is 4.79 Å². The molecule has 0 N–H and O–H groups in total. The fourth-order valence-electron chi connectivity index (χ4n) is 3.35. The molecule has 1 saturated heterocycles. The van der Waals surface area contributed by atoms with Gasteiger partial charge in [-0.2, -0.15) is 0 Å². The minimum absolute atomic E-state index is 0.139. The number of carbonyl (C=O) groups is 1. The summed E-state index contributed by atoms with van der Waals surface area (Å²) in [6.45, 7) is 11.7. The van der Waals surface area contributed by atoms with Gasteiger partial charge in [-0.15, -0.1) is 10.2 Å². The summed E-state index contributed by atoms with van der Waals surface area (Å²) in [4.78, 5) is 15.1. The number of carbonyl (C=O) groups excluding carboxylic acids is 1. The average Bonchev–Trinajstić information content (AvgIpc) is 3.06. The molecule has 0 atom stereocenters. The third-order valence-electron chi connectivity index (χ3n) is 5.10. The molecule has 0 spiro atoms. The minimum atomic E-state index is 0.139. The lowest BCUT2D eigenvalue weighted by Gasteiger charge is -2.27. The van der Waals surface area contributed by atoms with Crippen LogP contribution in [0.2, 0.25) is 0 Å². The van der Waals surface area contributed by atoms with Crippen LogP contribution >= 0.6 is 11.8 Å². The molecule has 3 rings (SSSR count). The van der Waals surface area contributed by atoms with Crippen molar-refractivity contribution in [3.8, 4) is 0 Å². The molecule has 0 aliphatic carbocycles. The van der Waals surface area contributed by atoms with Crippen molar-refractivity contribution in [2.45, 2.75) is 44.7 Å². The first-order valence-electron chi connectivity index (χ1n) is 9.90. The van der Waals surface area contributed by atoms with Crippen molar-refractivity contribution in [1.29, 1.82) is 0 Å². The van der Waals surface area contributed by atoms with Gasteiger partial charge >= 0.3 is 0 Å². The normalized spacial score (nSPS) is 14.9. The fraction of sp³-hybridized carbons (Fsp3) is 0.571. The predicted molar refractivity (Wildman–Crippen MR) is 114 cm³/mol. The van der Waals surface area contributed by atoms with Crippen LogP contribution in [-0.2, 0) is 11.8 Å². The van der Waals surface area contributed by atoms with Gasteiger partial charge in [0.25, 0.3) is 0 Å². The van der Waals surface area contributed by atoms with Crippen LogP contribution < -0.4 is 4.90 Å². The van der Waals surface area contributed by atoms with Crippen LogP contribution in [-0.4, -0.2) is 52.6 Å². The van der Waals surface area contributed by atoms with Crippen molar-refractivity contribution in [3.63, 3.8) is 0 Å². The zero-order valence-electron chi connectivity index (χ0n) is 17.4. The molecule has 0 unspecified atom stereocenters.